The van der Waals surface area contributed by atoms with Gasteiger partial charge in [0.1, 0.15) is 5.69 Å². The van der Waals surface area contributed by atoms with Crippen molar-refractivity contribution >= 4 is 5.91 Å². The van der Waals surface area contributed by atoms with Crippen LogP contribution in [-0.4, -0.2) is 70.3 Å². The maximum Gasteiger partial charge on any atom is 0.274 e. The summed E-state index contributed by atoms with van der Waals surface area (Å²) in [4.78, 5) is 16.9. The second-order valence-electron chi connectivity index (χ2n) is 6.28. The van der Waals surface area contributed by atoms with Crippen molar-refractivity contribution in [2.75, 3.05) is 26.2 Å². The Labute approximate surface area is 125 Å². The molecule has 0 unspecified atom stereocenters. The Bertz CT molecular complexity index is 514. The molecule has 1 amide bonds. The molecule has 0 saturated carbocycles. The van der Waals surface area contributed by atoms with Gasteiger partial charge in [-0.15, -0.1) is 0 Å². The first-order valence-electron chi connectivity index (χ1n) is 7.75. The quantitative estimate of drug-likeness (QED) is 0.885. The first kappa shape index (κ1) is 14.5. The van der Waals surface area contributed by atoms with Crippen LogP contribution >= 0.6 is 0 Å². The van der Waals surface area contributed by atoms with Gasteiger partial charge in [-0.25, -0.2) is 0 Å². The zero-order chi connectivity index (χ0) is 15.0. The molecule has 2 saturated heterocycles. The van der Waals surface area contributed by atoms with Gasteiger partial charge in [0, 0.05) is 31.4 Å². The van der Waals surface area contributed by atoms with E-state index in [1.807, 2.05) is 17.9 Å². The van der Waals surface area contributed by atoms with Gasteiger partial charge < -0.3 is 9.64 Å². The van der Waals surface area contributed by atoms with Crippen LogP contribution in [0.5, 0.6) is 0 Å². The highest BCUT2D eigenvalue weighted by atomic mass is 16.5. The third-order valence-electron chi connectivity index (χ3n) is 4.50. The van der Waals surface area contributed by atoms with E-state index >= 15 is 0 Å². The number of H-pyrrole nitrogens is 1. The number of aryl methyl sites for hydroxylation is 1. The molecule has 0 radical (unpaired) electrons. The van der Waals surface area contributed by atoms with Gasteiger partial charge in [-0.3, -0.25) is 14.8 Å². The molecule has 0 aromatic carbocycles. The van der Waals surface area contributed by atoms with Crippen LogP contribution in [0.25, 0.3) is 0 Å². The van der Waals surface area contributed by atoms with Gasteiger partial charge >= 0.3 is 0 Å². The average molecular weight is 292 g/mol. The fourth-order valence-corrected chi connectivity index (χ4v) is 3.41. The summed E-state index contributed by atoms with van der Waals surface area (Å²) in [6, 6.07) is 2.59. The minimum atomic E-state index is 0.0204. The third-order valence-corrected chi connectivity index (χ3v) is 4.50. The van der Waals surface area contributed by atoms with Crippen molar-refractivity contribution in [1.29, 1.82) is 0 Å². The van der Waals surface area contributed by atoms with Gasteiger partial charge in [0.2, 0.25) is 0 Å². The molecule has 6 heteroatoms. The Morgan fingerprint density at radius 2 is 2.29 bits per heavy atom. The molecule has 2 aliphatic heterocycles. The minimum absolute atomic E-state index is 0.0204. The number of piperidine rings is 1. The molecule has 0 aliphatic carbocycles. The van der Waals surface area contributed by atoms with Crippen molar-refractivity contribution < 1.29 is 9.53 Å². The fraction of sp³-hybridized carbons (Fsp3) is 0.733. The number of morpholine rings is 1. The molecule has 116 valence electrons. The lowest BCUT2D eigenvalue weighted by atomic mass is 9.97. The van der Waals surface area contributed by atoms with Crippen molar-refractivity contribution in [3.63, 3.8) is 0 Å². The van der Waals surface area contributed by atoms with E-state index in [0.29, 0.717) is 17.8 Å². The SMILES string of the molecule is Cc1cc(C(=O)N2CC[C@H]3OCCN(C(C)C)[C@@H]3C2)n[nH]1. The van der Waals surface area contributed by atoms with Gasteiger partial charge in [-0.1, -0.05) is 0 Å². The highest BCUT2D eigenvalue weighted by Gasteiger charge is 2.39. The topological polar surface area (TPSA) is 61.5 Å². The second-order valence-corrected chi connectivity index (χ2v) is 6.28. The van der Waals surface area contributed by atoms with Crippen LogP contribution in [0.15, 0.2) is 6.07 Å². The molecular formula is C15H24N4O2. The average Bonchev–Trinajstić information content (AvgIpc) is 2.91. The number of carbonyl (C=O) groups excluding carboxylic acids is 1. The van der Waals surface area contributed by atoms with Crippen molar-refractivity contribution in [3.8, 4) is 0 Å². The molecule has 2 fully saturated rings. The Hall–Kier alpha value is -1.40. The maximum absolute atomic E-state index is 12.5. The first-order valence-corrected chi connectivity index (χ1v) is 7.75. The Morgan fingerprint density at radius 1 is 1.48 bits per heavy atom. The summed E-state index contributed by atoms with van der Waals surface area (Å²) in [6.07, 6.45) is 1.16. The summed E-state index contributed by atoms with van der Waals surface area (Å²) in [5.74, 6) is 0.0204. The fourth-order valence-electron chi connectivity index (χ4n) is 3.41. The number of fused-ring (bicyclic) bond motifs is 1. The van der Waals surface area contributed by atoms with E-state index in [4.69, 9.17) is 4.74 Å². The van der Waals surface area contributed by atoms with Gasteiger partial charge in [-0.05, 0) is 33.3 Å². The summed E-state index contributed by atoms with van der Waals surface area (Å²) in [5, 5.41) is 6.93. The number of hydrogen-bond acceptors (Lipinski definition) is 4. The van der Waals surface area contributed by atoms with E-state index in [2.05, 4.69) is 28.9 Å². The predicted molar refractivity (Wildman–Crippen MR) is 79.2 cm³/mol. The normalized spacial score (nSPS) is 27.0. The monoisotopic (exact) mass is 292 g/mol. The van der Waals surface area contributed by atoms with E-state index in [1.165, 1.54) is 0 Å². The highest BCUT2D eigenvalue weighted by Crippen LogP contribution is 2.25. The molecule has 0 spiro atoms. The van der Waals surface area contributed by atoms with Crippen molar-refractivity contribution in [3.05, 3.63) is 17.5 Å². The van der Waals surface area contributed by atoms with Crippen LogP contribution in [0.3, 0.4) is 0 Å². The summed E-state index contributed by atoms with van der Waals surface area (Å²) in [5.41, 5.74) is 1.43. The van der Waals surface area contributed by atoms with Gasteiger partial charge in [0.05, 0.1) is 18.8 Å². The third kappa shape index (κ3) is 2.82. The number of likely N-dealkylation sites (tertiary alicyclic amines) is 1. The van der Waals surface area contributed by atoms with Crippen LogP contribution < -0.4 is 0 Å². The number of carbonyl (C=O) groups is 1. The molecule has 1 aromatic rings. The number of rotatable bonds is 2. The summed E-state index contributed by atoms with van der Waals surface area (Å²) < 4.78 is 5.90. The number of nitrogens with zero attached hydrogens (tertiary/aromatic N) is 3. The summed E-state index contributed by atoms with van der Waals surface area (Å²) in [7, 11) is 0. The molecule has 1 N–H and O–H groups in total. The van der Waals surface area contributed by atoms with E-state index in [9.17, 15) is 4.79 Å². The smallest absolute Gasteiger partial charge is 0.274 e. The number of aromatic amines is 1. The number of amides is 1. The molecule has 3 heterocycles. The summed E-state index contributed by atoms with van der Waals surface area (Å²) >= 11 is 0. The molecule has 21 heavy (non-hydrogen) atoms. The highest BCUT2D eigenvalue weighted by molar-refractivity contribution is 5.92. The van der Waals surface area contributed by atoms with Gasteiger partial charge in [0.25, 0.3) is 5.91 Å². The standard InChI is InChI=1S/C15H24N4O2/c1-10(2)19-6-7-21-14-4-5-18(9-13(14)19)15(20)12-8-11(3)16-17-12/h8,10,13-14H,4-7,9H2,1-3H3,(H,16,17)/t13-,14-/m1/s1. The molecular weight excluding hydrogens is 268 g/mol. The minimum Gasteiger partial charge on any atom is -0.375 e. The molecule has 3 rings (SSSR count). The van der Waals surface area contributed by atoms with E-state index in [0.717, 1.165) is 38.4 Å². The van der Waals surface area contributed by atoms with Crippen molar-refractivity contribution in [2.24, 2.45) is 0 Å². The van der Waals surface area contributed by atoms with Gasteiger partial charge in [0.15, 0.2) is 0 Å². The lowest BCUT2D eigenvalue weighted by Crippen LogP contribution is -2.62. The zero-order valence-corrected chi connectivity index (χ0v) is 13.0. The summed E-state index contributed by atoms with van der Waals surface area (Å²) in [6.45, 7) is 9.55. The Morgan fingerprint density at radius 3 is 2.95 bits per heavy atom. The lowest BCUT2D eigenvalue weighted by Gasteiger charge is -2.48. The molecule has 2 atom stereocenters. The number of nitrogens with one attached hydrogen (secondary N) is 1. The zero-order valence-electron chi connectivity index (χ0n) is 13.0. The van der Waals surface area contributed by atoms with E-state index in [1.54, 1.807) is 0 Å². The number of hydrogen-bond donors (Lipinski definition) is 1. The molecule has 6 nitrogen and oxygen atoms in total. The van der Waals surface area contributed by atoms with Crippen LogP contribution in [0.4, 0.5) is 0 Å². The number of ether oxygens (including phenoxy) is 1. The van der Waals surface area contributed by atoms with Crippen LogP contribution in [0, 0.1) is 6.92 Å². The maximum atomic E-state index is 12.5. The van der Waals surface area contributed by atoms with E-state index < -0.39 is 0 Å². The molecule has 1 aromatic heterocycles. The van der Waals surface area contributed by atoms with Crippen molar-refractivity contribution in [1.82, 2.24) is 20.0 Å². The Balaban J connectivity index is 1.73. The molecule has 0 bridgehead atoms. The van der Waals surface area contributed by atoms with Crippen LogP contribution in [0.2, 0.25) is 0 Å². The Kier molecular flexibility index (Phi) is 3.99. The number of aromatic nitrogens is 2. The lowest BCUT2D eigenvalue weighted by molar-refractivity contribution is -0.107. The first-order chi connectivity index (χ1) is 10.1. The molecule has 2 aliphatic rings. The largest absolute Gasteiger partial charge is 0.375 e. The predicted octanol–water partition coefficient (Wildman–Crippen LogP) is 1.04. The second kappa shape index (κ2) is 5.77. The van der Waals surface area contributed by atoms with Gasteiger partial charge in [-0.2, -0.15) is 5.10 Å². The van der Waals surface area contributed by atoms with Crippen molar-refractivity contribution in [2.45, 2.75) is 45.4 Å². The van der Waals surface area contributed by atoms with Crippen LogP contribution in [-0.2, 0) is 4.74 Å². The van der Waals surface area contributed by atoms with E-state index in [-0.39, 0.29) is 12.0 Å². The van der Waals surface area contributed by atoms with Crippen LogP contribution in [0.1, 0.15) is 36.5 Å².